The van der Waals surface area contributed by atoms with E-state index in [1.165, 1.54) is 0 Å². The third-order valence-corrected chi connectivity index (χ3v) is 4.24. The number of ether oxygens (including phenoxy) is 2. The van der Waals surface area contributed by atoms with Crippen LogP contribution in [0.5, 0.6) is 0 Å². The third kappa shape index (κ3) is 2.76. The molecule has 0 amide bonds. The second-order valence-corrected chi connectivity index (χ2v) is 6.14. The first-order valence-corrected chi connectivity index (χ1v) is 7.24. The lowest BCUT2D eigenvalue weighted by molar-refractivity contribution is 0.0557. The first kappa shape index (κ1) is 13.9. The Kier molecular flexibility index (Phi) is 4.12. The van der Waals surface area contributed by atoms with Gasteiger partial charge in [-0.2, -0.15) is 0 Å². The van der Waals surface area contributed by atoms with Crippen molar-refractivity contribution in [1.82, 2.24) is 0 Å². The van der Waals surface area contributed by atoms with Gasteiger partial charge in [0.25, 0.3) is 9.05 Å². The summed E-state index contributed by atoms with van der Waals surface area (Å²) >= 11 is 0.740. The Balaban J connectivity index is 3.52. The monoisotopic (exact) mass is 298 g/mol. The van der Waals surface area contributed by atoms with E-state index in [0.717, 1.165) is 30.9 Å². The van der Waals surface area contributed by atoms with Gasteiger partial charge >= 0.3 is 11.9 Å². The van der Waals surface area contributed by atoms with Crippen LogP contribution >= 0.6 is 22.0 Å². The van der Waals surface area contributed by atoms with Crippen LogP contribution in [0.4, 0.5) is 0 Å². The second kappa shape index (κ2) is 5.03. The highest BCUT2D eigenvalue weighted by molar-refractivity contribution is 8.13. The molecule has 1 rings (SSSR count). The average molecular weight is 299 g/mol. The standard InChI is InChI=1S/C8H7ClO6S2/c1-14-7(10)5-4(17(9,12)13)3-16-6(5)8(11)15-2/h3H,1-2H3. The molecule has 0 bridgehead atoms. The summed E-state index contributed by atoms with van der Waals surface area (Å²) in [6.07, 6.45) is 0. The van der Waals surface area contributed by atoms with Gasteiger partial charge in [0.1, 0.15) is 15.3 Å². The van der Waals surface area contributed by atoms with Crippen LogP contribution in [0.15, 0.2) is 10.3 Å². The summed E-state index contributed by atoms with van der Waals surface area (Å²) in [6.45, 7) is 0. The molecule has 94 valence electrons. The van der Waals surface area contributed by atoms with Crippen molar-refractivity contribution in [3.05, 3.63) is 15.8 Å². The first-order valence-electron chi connectivity index (χ1n) is 4.05. The van der Waals surface area contributed by atoms with Crippen LogP contribution < -0.4 is 0 Å². The van der Waals surface area contributed by atoms with Crippen molar-refractivity contribution in [1.29, 1.82) is 0 Å². The molecule has 17 heavy (non-hydrogen) atoms. The van der Waals surface area contributed by atoms with E-state index in [4.69, 9.17) is 10.7 Å². The van der Waals surface area contributed by atoms with Crippen LogP contribution in [-0.4, -0.2) is 34.6 Å². The zero-order chi connectivity index (χ0) is 13.2. The SMILES string of the molecule is COC(=O)c1scc(S(=O)(=O)Cl)c1C(=O)OC. The van der Waals surface area contributed by atoms with E-state index >= 15 is 0 Å². The van der Waals surface area contributed by atoms with E-state index in [2.05, 4.69) is 9.47 Å². The summed E-state index contributed by atoms with van der Waals surface area (Å²) in [5.74, 6) is -1.80. The lowest BCUT2D eigenvalue weighted by Gasteiger charge is -2.02. The van der Waals surface area contributed by atoms with E-state index in [9.17, 15) is 18.0 Å². The number of hydrogen-bond donors (Lipinski definition) is 0. The minimum atomic E-state index is -4.14. The normalized spacial score (nSPS) is 11.0. The molecule has 0 atom stereocenters. The molecular weight excluding hydrogens is 292 g/mol. The van der Waals surface area contributed by atoms with Gasteiger partial charge in [-0.1, -0.05) is 0 Å². The van der Waals surface area contributed by atoms with Crippen LogP contribution in [-0.2, 0) is 18.5 Å². The van der Waals surface area contributed by atoms with Crippen LogP contribution in [0.2, 0.25) is 0 Å². The predicted octanol–water partition coefficient (Wildman–Crippen LogP) is 1.25. The molecular formula is C8H7ClO6S2. The van der Waals surface area contributed by atoms with Crippen molar-refractivity contribution in [3.63, 3.8) is 0 Å². The average Bonchev–Trinajstić information content (AvgIpc) is 2.70. The maximum Gasteiger partial charge on any atom is 0.348 e. The summed E-state index contributed by atoms with van der Waals surface area (Å²) in [7, 11) is 3.18. The van der Waals surface area contributed by atoms with E-state index in [1.807, 2.05) is 0 Å². The summed E-state index contributed by atoms with van der Waals surface area (Å²) in [5, 5.41) is 1.08. The van der Waals surface area contributed by atoms with E-state index in [0.29, 0.717) is 0 Å². The number of rotatable bonds is 3. The zero-order valence-electron chi connectivity index (χ0n) is 8.72. The van der Waals surface area contributed by atoms with Crippen molar-refractivity contribution < 1.29 is 27.5 Å². The maximum atomic E-state index is 11.4. The predicted molar refractivity (Wildman–Crippen MR) is 60.0 cm³/mol. The van der Waals surface area contributed by atoms with Crippen LogP contribution in [0.3, 0.4) is 0 Å². The molecule has 0 aliphatic rings. The minimum Gasteiger partial charge on any atom is -0.465 e. The number of esters is 2. The Morgan fingerprint density at radius 3 is 2.18 bits per heavy atom. The molecule has 0 saturated heterocycles. The van der Waals surface area contributed by atoms with E-state index in [1.54, 1.807) is 0 Å². The van der Waals surface area contributed by atoms with Crippen LogP contribution in [0.25, 0.3) is 0 Å². The molecule has 6 nitrogen and oxygen atoms in total. The van der Waals surface area contributed by atoms with Gasteiger partial charge in [-0.05, 0) is 0 Å². The fourth-order valence-corrected chi connectivity index (χ4v) is 3.55. The summed E-state index contributed by atoms with van der Waals surface area (Å²) < 4.78 is 31.2. The molecule has 0 spiro atoms. The Morgan fingerprint density at radius 2 is 1.76 bits per heavy atom. The molecule has 1 aromatic heterocycles. The Labute approximate surface area is 106 Å². The topological polar surface area (TPSA) is 86.7 Å². The molecule has 1 heterocycles. The van der Waals surface area contributed by atoms with E-state index in [-0.39, 0.29) is 4.88 Å². The van der Waals surface area contributed by atoms with Crippen molar-refractivity contribution in [2.45, 2.75) is 4.90 Å². The molecule has 0 aromatic carbocycles. The molecule has 0 N–H and O–H groups in total. The quantitative estimate of drug-likeness (QED) is 0.616. The van der Waals surface area contributed by atoms with Gasteiger partial charge in [0.15, 0.2) is 0 Å². The summed E-state index contributed by atoms with van der Waals surface area (Å²) in [6, 6.07) is 0. The van der Waals surface area contributed by atoms with E-state index < -0.39 is 31.4 Å². The number of carbonyl (C=O) groups excluding carboxylic acids is 2. The maximum absolute atomic E-state index is 11.4. The lowest BCUT2D eigenvalue weighted by atomic mass is 10.2. The first-order chi connectivity index (χ1) is 7.82. The Morgan fingerprint density at radius 1 is 1.24 bits per heavy atom. The minimum absolute atomic E-state index is 0.168. The Bertz CT molecular complexity index is 559. The van der Waals surface area contributed by atoms with Crippen LogP contribution in [0, 0.1) is 0 Å². The molecule has 0 aliphatic heterocycles. The van der Waals surface area contributed by atoms with Crippen molar-refractivity contribution in [2.24, 2.45) is 0 Å². The van der Waals surface area contributed by atoms with Gasteiger partial charge in [-0.15, -0.1) is 11.3 Å². The van der Waals surface area contributed by atoms with Gasteiger partial charge in [-0.25, -0.2) is 18.0 Å². The van der Waals surface area contributed by atoms with Crippen molar-refractivity contribution >= 4 is 43.0 Å². The highest BCUT2D eigenvalue weighted by Crippen LogP contribution is 2.30. The number of hydrogen-bond acceptors (Lipinski definition) is 7. The number of carbonyl (C=O) groups is 2. The Hall–Kier alpha value is -1.12. The van der Waals surface area contributed by atoms with Crippen molar-refractivity contribution in [3.8, 4) is 0 Å². The number of methoxy groups -OCH3 is 2. The fourth-order valence-electron chi connectivity index (χ4n) is 1.06. The summed E-state index contributed by atoms with van der Waals surface area (Å²) in [5.41, 5.74) is -0.403. The van der Waals surface area contributed by atoms with Gasteiger partial charge in [0.05, 0.1) is 14.2 Å². The molecule has 0 unspecified atom stereocenters. The highest BCUT2D eigenvalue weighted by atomic mass is 35.7. The van der Waals surface area contributed by atoms with Gasteiger partial charge in [0.2, 0.25) is 0 Å². The highest BCUT2D eigenvalue weighted by Gasteiger charge is 2.30. The molecule has 0 aliphatic carbocycles. The molecule has 0 saturated carbocycles. The van der Waals surface area contributed by atoms with Crippen molar-refractivity contribution in [2.75, 3.05) is 14.2 Å². The fraction of sp³-hybridized carbons (Fsp3) is 0.250. The van der Waals surface area contributed by atoms with Crippen LogP contribution in [0.1, 0.15) is 20.0 Å². The largest absolute Gasteiger partial charge is 0.465 e. The smallest absolute Gasteiger partial charge is 0.348 e. The molecule has 0 radical (unpaired) electrons. The third-order valence-electron chi connectivity index (χ3n) is 1.78. The molecule has 1 aromatic rings. The van der Waals surface area contributed by atoms with Gasteiger partial charge in [0, 0.05) is 16.1 Å². The number of thiophene rings is 1. The summed E-state index contributed by atoms with van der Waals surface area (Å²) in [4.78, 5) is 22.1. The zero-order valence-corrected chi connectivity index (χ0v) is 11.1. The second-order valence-electron chi connectivity index (χ2n) is 2.73. The van der Waals surface area contributed by atoms with Gasteiger partial charge in [-0.3, -0.25) is 0 Å². The van der Waals surface area contributed by atoms with Gasteiger partial charge < -0.3 is 9.47 Å². The molecule has 9 heteroatoms. The molecule has 0 fully saturated rings. The lowest BCUT2D eigenvalue weighted by Crippen LogP contribution is -2.11. The number of halogens is 1.